The van der Waals surface area contributed by atoms with Crippen molar-refractivity contribution in [3.05, 3.63) is 23.1 Å². The number of ether oxygens (including phenoxy) is 1. The van der Waals surface area contributed by atoms with Gasteiger partial charge < -0.3 is 9.26 Å². The van der Waals surface area contributed by atoms with Crippen molar-refractivity contribution < 1.29 is 14.1 Å². The lowest BCUT2D eigenvalue weighted by Gasteiger charge is -2.20. The van der Waals surface area contributed by atoms with E-state index in [9.17, 15) is 4.79 Å². The van der Waals surface area contributed by atoms with Crippen LogP contribution in [-0.4, -0.2) is 28.8 Å². The summed E-state index contributed by atoms with van der Waals surface area (Å²) < 4.78 is 9.70. The molecule has 0 spiro atoms. The largest absolute Gasteiger partial charge is 0.465 e. The van der Waals surface area contributed by atoms with Crippen molar-refractivity contribution in [2.45, 2.75) is 32.2 Å². The van der Waals surface area contributed by atoms with Gasteiger partial charge in [-0.1, -0.05) is 5.16 Å². The van der Waals surface area contributed by atoms with E-state index in [0.29, 0.717) is 0 Å². The lowest BCUT2D eigenvalue weighted by molar-refractivity contribution is -0.149. The van der Waals surface area contributed by atoms with E-state index in [1.165, 1.54) is 6.92 Å². The van der Waals surface area contributed by atoms with Gasteiger partial charge >= 0.3 is 12.0 Å². The number of hydrogen-bond acceptors (Lipinski definition) is 6. The molecule has 94 valence electrons. The van der Waals surface area contributed by atoms with Crippen LogP contribution in [0.25, 0.3) is 4.85 Å². The summed E-state index contributed by atoms with van der Waals surface area (Å²) in [5.41, 5.74) is -1.55. The molecule has 0 fully saturated rings. The lowest BCUT2D eigenvalue weighted by Crippen LogP contribution is -2.44. The minimum atomic E-state index is -1.55. The van der Waals surface area contributed by atoms with Crippen molar-refractivity contribution in [1.29, 1.82) is 5.26 Å². The molecule has 0 aliphatic rings. The van der Waals surface area contributed by atoms with E-state index < -0.39 is 17.4 Å². The van der Waals surface area contributed by atoms with Gasteiger partial charge in [-0.3, -0.25) is 9.64 Å². The maximum absolute atomic E-state index is 12.0. The van der Waals surface area contributed by atoms with Crippen LogP contribution in [0.2, 0.25) is 0 Å². The third-order valence-corrected chi connectivity index (χ3v) is 2.49. The fourth-order valence-electron chi connectivity index (χ4n) is 1.40. The maximum Gasteiger partial charge on any atom is 0.330 e. The standard InChI is InChI=1S/C11H12N4O3/c1-5-17-10(16)11(3,8(6-12)13-4)9-14-7(2)18-15-9/h8H,5H2,1-3H3. The van der Waals surface area contributed by atoms with Crippen molar-refractivity contribution in [2.24, 2.45) is 0 Å². The van der Waals surface area contributed by atoms with Crippen LogP contribution in [0.4, 0.5) is 0 Å². The van der Waals surface area contributed by atoms with E-state index in [0.717, 1.165) is 0 Å². The molecule has 7 nitrogen and oxygen atoms in total. The van der Waals surface area contributed by atoms with Gasteiger partial charge in [-0.15, -0.1) is 0 Å². The van der Waals surface area contributed by atoms with E-state index in [1.807, 2.05) is 0 Å². The van der Waals surface area contributed by atoms with Crippen molar-refractivity contribution in [3.63, 3.8) is 0 Å². The third-order valence-electron chi connectivity index (χ3n) is 2.49. The van der Waals surface area contributed by atoms with Crippen LogP contribution >= 0.6 is 0 Å². The molecule has 0 saturated carbocycles. The van der Waals surface area contributed by atoms with Crippen LogP contribution in [0.3, 0.4) is 0 Å². The molecular weight excluding hydrogens is 236 g/mol. The zero-order valence-corrected chi connectivity index (χ0v) is 10.3. The topological polar surface area (TPSA) is 93.4 Å². The molecule has 2 unspecified atom stereocenters. The monoisotopic (exact) mass is 248 g/mol. The van der Waals surface area contributed by atoms with E-state index >= 15 is 0 Å². The highest BCUT2D eigenvalue weighted by Gasteiger charge is 2.53. The molecule has 7 heteroatoms. The number of aromatic nitrogens is 2. The number of rotatable bonds is 4. The van der Waals surface area contributed by atoms with Gasteiger partial charge in [0.25, 0.3) is 0 Å². The smallest absolute Gasteiger partial charge is 0.330 e. The average molecular weight is 248 g/mol. The Kier molecular flexibility index (Phi) is 4.01. The minimum absolute atomic E-state index is 0.0130. The molecule has 0 saturated heterocycles. The summed E-state index contributed by atoms with van der Waals surface area (Å²) >= 11 is 0. The number of esters is 1. The summed E-state index contributed by atoms with van der Waals surface area (Å²) in [5, 5.41) is 12.6. The molecule has 1 heterocycles. The highest BCUT2D eigenvalue weighted by Crippen LogP contribution is 2.29. The predicted molar refractivity (Wildman–Crippen MR) is 59.0 cm³/mol. The van der Waals surface area contributed by atoms with Gasteiger partial charge in [-0.25, -0.2) is 6.57 Å². The molecule has 1 aromatic rings. The van der Waals surface area contributed by atoms with Crippen molar-refractivity contribution in [1.82, 2.24) is 10.1 Å². The summed E-state index contributed by atoms with van der Waals surface area (Å²) in [4.78, 5) is 19.1. The fraction of sp³-hybridized carbons (Fsp3) is 0.545. The van der Waals surface area contributed by atoms with Gasteiger partial charge in [0, 0.05) is 6.92 Å². The first-order valence-electron chi connectivity index (χ1n) is 5.24. The Bertz CT molecular complexity index is 511. The summed E-state index contributed by atoms with van der Waals surface area (Å²) in [5.74, 6) is -0.475. The molecule has 1 aromatic heterocycles. The van der Waals surface area contributed by atoms with Crippen LogP contribution in [0, 0.1) is 24.8 Å². The highest BCUT2D eigenvalue weighted by atomic mass is 16.5. The molecule has 0 amide bonds. The first-order chi connectivity index (χ1) is 8.50. The highest BCUT2D eigenvalue weighted by molar-refractivity contribution is 5.83. The van der Waals surface area contributed by atoms with Crippen LogP contribution in [0.1, 0.15) is 25.6 Å². The Morgan fingerprint density at radius 3 is 2.83 bits per heavy atom. The van der Waals surface area contributed by atoms with Crippen LogP contribution in [-0.2, 0) is 14.9 Å². The summed E-state index contributed by atoms with van der Waals surface area (Å²) in [6.07, 6.45) is 0. The number of nitriles is 1. The predicted octanol–water partition coefficient (Wildman–Crippen LogP) is 1.01. The van der Waals surface area contributed by atoms with E-state index in [-0.39, 0.29) is 18.3 Å². The van der Waals surface area contributed by atoms with Crippen LogP contribution < -0.4 is 0 Å². The Hall–Kier alpha value is -2.41. The van der Waals surface area contributed by atoms with Gasteiger partial charge in [0.15, 0.2) is 11.9 Å². The molecule has 0 N–H and O–H groups in total. The zero-order chi connectivity index (χ0) is 13.8. The number of carbonyl (C=O) groups excluding carboxylic acids is 1. The van der Waals surface area contributed by atoms with Gasteiger partial charge in [-0.05, 0) is 13.8 Å². The number of hydrogen-bond donors (Lipinski definition) is 0. The number of aryl methyl sites for hydroxylation is 1. The number of carbonyl (C=O) groups is 1. The van der Waals surface area contributed by atoms with Crippen LogP contribution in [0.5, 0.6) is 0 Å². The Labute approximate surface area is 104 Å². The summed E-state index contributed by atoms with van der Waals surface area (Å²) in [6.45, 7) is 11.7. The molecule has 0 aliphatic carbocycles. The molecule has 0 radical (unpaired) electrons. The molecule has 0 bridgehead atoms. The second-order valence-corrected chi connectivity index (χ2v) is 3.72. The van der Waals surface area contributed by atoms with Crippen molar-refractivity contribution in [2.75, 3.05) is 6.61 Å². The minimum Gasteiger partial charge on any atom is -0.465 e. The second kappa shape index (κ2) is 5.28. The summed E-state index contributed by atoms with van der Waals surface area (Å²) in [7, 11) is 0. The van der Waals surface area contributed by atoms with E-state index in [4.69, 9.17) is 21.1 Å². The van der Waals surface area contributed by atoms with Gasteiger partial charge in [-0.2, -0.15) is 10.2 Å². The average Bonchev–Trinajstić information content (AvgIpc) is 2.77. The second-order valence-electron chi connectivity index (χ2n) is 3.72. The van der Waals surface area contributed by atoms with Crippen molar-refractivity contribution >= 4 is 5.97 Å². The SMILES string of the molecule is [C-]#[N+]C(C#N)C(C)(C(=O)OCC)c1noc(C)n1. The first kappa shape index (κ1) is 13.7. The Morgan fingerprint density at radius 2 is 2.44 bits per heavy atom. The maximum atomic E-state index is 12.0. The lowest BCUT2D eigenvalue weighted by atomic mass is 9.82. The summed E-state index contributed by atoms with van der Waals surface area (Å²) in [6, 6.07) is 0.493. The van der Waals surface area contributed by atoms with E-state index in [1.54, 1.807) is 19.9 Å². The van der Waals surface area contributed by atoms with Crippen LogP contribution in [0.15, 0.2) is 4.52 Å². The molecule has 1 rings (SSSR count). The molecule has 0 aliphatic heterocycles. The van der Waals surface area contributed by atoms with Gasteiger partial charge in [0.1, 0.15) is 0 Å². The molecule has 18 heavy (non-hydrogen) atoms. The fourth-order valence-corrected chi connectivity index (χ4v) is 1.40. The third kappa shape index (κ3) is 2.16. The van der Waals surface area contributed by atoms with Crippen molar-refractivity contribution in [3.8, 4) is 6.07 Å². The Morgan fingerprint density at radius 1 is 1.78 bits per heavy atom. The normalized spacial score (nSPS) is 14.9. The molecular formula is C11H12N4O3. The van der Waals surface area contributed by atoms with E-state index in [2.05, 4.69) is 15.0 Å². The molecule has 0 aromatic carbocycles. The van der Waals surface area contributed by atoms with Gasteiger partial charge in [0.05, 0.1) is 6.61 Å². The Balaban J connectivity index is 3.31. The number of nitrogens with zero attached hydrogens (tertiary/aromatic N) is 4. The molecule has 2 atom stereocenters. The van der Waals surface area contributed by atoms with Gasteiger partial charge in [0.2, 0.25) is 11.3 Å². The zero-order valence-electron chi connectivity index (χ0n) is 10.3. The quantitative estimate of drug-likeness (QED) is 0.583. The first-order valence-corrected chi connectivity index (χ1v) is 5.24.